The fourth-order valence-corrected chi connectivity index (χ4v) is 2.06. The van der Waals surface area contributed by atoms with Crippen molar-refractivity contribution in [1.29, 1.82) is 0 Å². The first-order chi connectivity index (χ1) is 4.02. The van der Waals surface area contributed by atoms with Crippen LogP contribution in [-0.2, 0) is 10.1 Å². The summed E-state index contributed by atoms with van der Waals surface area (Å²) < 4.78 is 30.3. The van der Waals surface area contributed by atoms with Gasteiger partial charge in [0.1, 0.15) is 5.37 Å². The molecule has 54 valence electrons. The van der Waals surface area contributed by atoms with Crippen molar-refractivity contribution in [3.05, 3.63) is 0 Å². The van der Waals surface area contributed by atoms with E-state index in [0.29, 0.717) is 13.0 Å². The maximum absolute atomic E-state index is 10.3. The molecule has 4 nitrogen and oxygen atoms in total. The van der Waals surface area contributed by atoms with Crippen LogP contribution >= 0.6 is 12.8 Å². The Kier molecular flexibility index (Phi) is 1.73. The molecule has 0 saturated carbocycles. The molecule has 0 spiro atoms. The van der Waals surface area contributed by atoms with E-state index in [0.717, 1.165) is 0 Å². The summed E-state index contributed by atoms with van der Waals surface area (Å²) in [5, 5.41) is -0.777. The van der Waals surface area contributed by atoms with Crippen LogP contribution < -0.4 is 0 Å². The summed E-state index contributed by atoms with van der Waals surface area (Å²) in [5.41, 5.74) is 0. The van der Waals surface area contributed by atoms with Gasteiger partial charge in [-0.25, -0.2) is 4.31 Å². The smallest absolute Gasteiger partial charge is 0.282 e. The van der Waals surface area contributed by atoms with E-state index < -0.39 is 15.5 Å². The van der Waals surface area contributed by atoms with Crippen LogP contribution in [0.1, 0.15) is 6.42 Å². The van der Waals surface area contributed by atoms with Crippen LogP contribution in [0.3, 0.4) is 0 Å². The number of thiol groups is 1. The van der Waals surface area contributed by atoms with Crippen molar-refractivity contribution >= 4 is 22.9 Å². The van der Waals surface area contributed by atoms with Gasteiger partial charge < -0.3 is 0 Å². The molecule has 0 radical (unpaired) electrons. The van der Waals surface area contributed by atoms with Gasteiger partial charge in [-0.3, -0.25) is 4.55 Å². The maximum Gasteiger partial charge on any atom is 0.282 e. The summed E-state index contributed by atoms with van der Waals surface area (Å²) in [6, 6.07) is 0. The van der Waals surface area contributed by atoms with Gasteiger partial charge >= 0.3 is 0 Å². The van der Waals surface area contributed by atoms with E-state index in [4.69, 9.17) is 4.55 Å². The lowest BCUT2D eigenvalue weighted by atomic mass is 10.3. The van der Waals surface area contributed by atoms with Crippen molar-refractivity contribution in [3.63, 3.8) is 0 Å². The van der Waals surface area contributed by atoms with Gasteiger partial charge in [-0.1, -0.05) is 12.8 Å². The number of hydrogen-bond acceptors (Lipinski definition) is 4. The maximum atomic E-state index is 10.3. The Morgan fingerprint density at radius 1 is 1.67 bits per heavy atom. The molecule has 1 aliphatic heterocycles. The largest absolute Gasteiger partial charge is 0.284 e. The molecule has 1 rings (SSSR count). The van der Waals surface area contributed by atoms with Gasteiger partial charge in [0.25, 0.3) is 10.1 Å². The number of rotatable bonds is 1. The molecule has 0 amide bonds. The summed E-state index contributed by atoms with van der Waals surface area (Å²) >= 11 is 3.77. The van der Waals surface area contributed by atoms with Gasteiger partial charge in [-0.15, -0.1) is 0 Å². The van der Waals surface area contributed by atoms with E-state index in [9.17, 15) is 8.42 Å². The van der Waals surface area contributed by atoms with Gasteiger partial charge in [0.2, 0.25) is 0 Å². The molecule has 6 heteroatoms. The molecular formula is C3H7NO3S2. The summed E-state index contributed by atoms with van der Waals surface area (Å²) in [6.45, 7) is 0.619. The van der Waals surface area contributed by atoms with Crippen LogP contribution in [0.4, 0.5) is 0 Å². The van der Waals surface area contributed by atoms with E-state index in [1.54, 1.807) is 0 Å². The topological polar surface area (TPSA) is 57.6 Å². The second-order valence-corrected chi connectivity index (χ2v) is 4.01. The van der Waals surface area contributed by atoms with Crippen LogP contribution in [-0.4, -0.2) is 29.2 Å². The summed E-state index contributed by atoms with van der Waals surface area (Å²) in [7, 11) is -3.87. The molecule has 1 heterocycles. The Morgan fingerprint density at radius 2 is 2.22 bits per heavy atom. The second-order valence-electron chi connectivity index (χ2n) is 1.92. The molecule has 1 N–H and O–H groups in total. The summed E-state index contributed by atoms with van der Waals surface area (Å²) in [6.07, 6.45) is 0.475. The van der Waals surface area contributed by atoms with Gasteiger partial charge in [0.05, 0.1) is 0 Å². The molecule has 0 bridgehead atoms. The van der Waals surface area contributed by atoms with Crippen molar-refractivity contribution in [2.24, 2.45) is 0 Å². The Labute approximate surface area is 59.1 Å². The summed E-state index contributed by atoms with van der Waals surface area (Å²) in [5.74, 6) is 0. The van der Waals surface area contributed by atoms with Crippen LogP contribution in [0.25, 0.3) is 0 Å². The molecule has 0 aromatic rings. The predicted molar refractivity (Wildman–Crippen MR) is 35.6 cm³/mol. The van der Waals surface area contributed by atoms with E-state index in [1.807, 2.05) is 0 Å². The molecule has 1 unspecified atom stereocenters. The van der Waals surface area contributed by atoms with Crippen molar-refractivity contribution in [2.75, 3.05) is 6.54 Å². The van der Waals surface area contributed by atoms with Crippen molar-refractivity contribution in [1.82, 2.24) is 4.31 Å². The molecule has 0 aromatic carbocycles. The minimum Gasteiger partial charge on any atom is -0.284 e. The SMILES string of the molecule is O=S(=O)(O)C1CCN1S. The fraction of sp³-hybridized carbons (Fsp3) is 1.00. The Balaban J connectivity index is 2.66. The second kappa shape index (κ2) is 2.12. The molecule has 0 aliphatic carbocycles. The first-order valence-electron chi connectivity index (χ1n) is 2.43. The monoisotopic (exact) mass is 169 g/mol. The third kappa shape index (κ3) is 1.37. The molecular weight excluding hydrogens is 162 g/mol. The first kappa shape index (κ1) is 7.33. The number of hydrogen-bond donors (Lipinski definition) is 2. The Bertz CT molecular complexity index is 199. The summed E-state index contributed by atoms with van der Waals surface area (Å²) in [4.78, 5) is 0. The lowest BCUT2D eigenvalue weighted by Gasteiger charge is -2.33. The van der Waals surface area contributed by atoms with Gasteiger partial charge in [0, 0.05) is 6.54 Å². The Hall–Kier alpha value is 0.220. The zero-order chi connectivity index (χ0) is 7.07. The molecule has 1 aliphatic rings. The number of nitrogens with zero attached hydrogens (tertiary/aromatic N) is 1. The highest BCUT2D eigenvalue weighted by atomic mass is 32.2. The third-order valence-electron chi connectivity index (χ3n) is 1.28. The fourth-order valence-electron chi connectivity index (χ4n) is 0.653. The van der Waals surface area contributed by atoms with Crippen LogP contribution in [0, 0.1) is 0 Å². The molecule has 1 fully saturated rings. The minimum atomic E-state index is -3.87. The van der Waals surface area contributed by atoms with E-state index >= 15 is 0 Å². The van der Waals surface area contributed by atoms with Crippen molar-refractivity contribution in [3.8, 4) is 0 Å². The van der Waals surface area contributed by atoms with Gasteiger partial charge in [-0.2, -0.15) is 8.42 Å². The zero-order valence-corrected chi connectivity index (χ0v) is 6.27. The normalized spacial score (nSPS) is 29.8. The molecule has 1 saturated heterocycles. The average Bonchev–Trinajstić information content (AvgIpc) is 1.57. The predicted octanol–water partition coefficient (Wildman–Crippen LogP) is -0.249. The van der Waals surface area contributed by atoms with E-state index in [2.05, 4.69) is 12.8 Å². The highest BCUT2D eigenvalue weighted by molar-refractivity contribution is 7.87. The molecule has 0 aromatic heterocycles. The van der Waals surface area contributed by atoms with Crippen LogP contribution in [0.5, 0.6) is 0 Å². The standard InChI is InChI=1S/C3H7NO3S2/c5-9(6,7)3-1-2-4(3)8/h3,8H,1-2H2,(H,5,6,7). The van der Waals surface area contributed by atoms with Crippen molar-refractivity contribution in [2.45, 2.75) is 11.8 Å². The van der Waals surface area contributed by atoms with E-state index in [1.165, 1.54) is 4.31 Å². The Morgan fingerprint density at radius 3 is 2.22 bits per heavy atom. The van der Waals surface area contributed by atoms with Crippen LogP contribution in [0.15, 0.2) is 0 Å². The van der Waals surface area contributed by atoms with Crippen molar-refractivity contribution < 1.29 is 13.0 Å². The lowest BCUT2D eigenvalue weighted by Crippen LogP contribution is -2.46. The van der Waals surface area contributed by atoms with Crippen LogP contribution in [0.2, 0.25) is 0 Å². The molecule has 1 atom stereocenters. The molecule has 9 heavy (non-hydrogen) atoms. The average molecular weight is 169 g/mol. The first-order valence-corrected chi connectivity index (χ1v) is 4.34. The van der Waals surface area contributed by atoms with Gasteiger partial charge in [-0.05, 0) is 6.42 Å². The highest BCUT2D eigenvalue weighted by Gasteiger charge is 2.35. The van der Waals surface area contributed by atoms with E-state index in [-0.39, 0.29) is 0 Å². The van der Waals surface area contributed by atoms with Gasteiger partial charge in [0.15, 0.2) is 0 Å². The lowest BCUT2D eigenvalue weighted by molar-refractivity contribution is 0.278. The third-order valence-corrected chi connectivity index (χ3v) is 3.09. The quantitative estimate of drug-likeness (QED) is 0.420. The minimum absolute atomic E-state index is 0.475. The highest BCUT2D eigenvalue weighted by Crippen LogP contribution is 2.22. The zero-order valence-electron chi connectivity index (χ0n) is 4.56.